The van der Waals surface area contributed by atoms with E-state index in [1.807, 2.05) is 0 Å². The lowest BCUT2D eigenvalue weighted by molar-refractivity contribution is -0.360. The number of aliphatic hydroxyl groups is 10. The van der Waals surface area contributed by atoms with Crippen molar-refractivity contribution >= 4 is 25.7 Å². The van der Waals surface area contributed by atoms with Crippen molar-refractivity contribution in [2.75, 3.05) is 26.4 Å². The van der Waals surface area contributed by atoms with E-state index in [9.17, 15) is 74.9 Å². The van der Waals surface area contributed by atoms with E-state index in [-0.39, 0.29) is 19.3 Å². The monoisotopic (exact) mass is 1430 g/mol. The van der Waals surface area contributed by atoms with Crippen molar-refractivity contribution in [3.8, 4) is 0 Å². The molecule has 98 heavy (non-hydrogen) atoms. The van der Waals surface area contributed by atoms with Crippen molar-refractivity contribution < 1.29 is 117 Å². The summed E-state index contributed by atoms with van der Waals surface area (Å²) < 4.78 is 65.1. The van der Waals surface area contributed by atoms with Gasteiger partial charge in [-0.25, -0.2) is 4.57 Å². The molecule has 1 aliphatic carbocycles. The Labute approximate surface area is 587 Å². The molecule has 11 N–H and O–H groups in total. The Morgan fingerprint density at radius 1 is 0.388 bits per heavy atom. The molecule has 578 valence electrons. The number of unbranched alkanes of at least 4 members (excludes halogenated alkanes) is 35. The van der Waals surface area contributed by atoms with E-state index >= 15 is 0 Å². The third-order valence-corrected chi connectivity index (χ3v) is 20.5. The Kier molecular flexibility index (Phi) is 50.2. The molecule has 3 rings (SSSR count). The minimum atomic E-state index is -5.69. The fourth-order valence-corrected chi connectivity index (χ4v) is 14.1. The second-order valence-corrected chi connectivity index (χ2v) is 29.8. The number of aliphatic hydroxyl groups excluding tert-OH is 10. The molecule has 19 unspecified atom stereocenters. The molecule has 24 nitrogen and oxygen atoms in total. The number of esters is 3. The standard InChI is InChI=1S/C73H137O24P/c1-5-8-11-14-17-19-21-23-25-27-29-31-37-42-47-58(76)90-52-56-61(79)63(81)68(86)73(94-56)96-70-66(84)64(82)65(83)69(95-72-67(85)62(80)60(78)55(49-74)93-72)71(70)97-98(87,88)91-51-54(50-89-57(75)46-41-36-30-28-26-24-22-20-18-15-12-9-6-2)92-59(77)48-43-38-33-32-35-40-45-53(4)44-39-34-16-13-10-7-3/h53-56,60-74,78-86H,5-52H2,1-4H3,(H,87,88). The number of hydrogen-bond donors (Lipinski definition) is 11. The van der Waals surface area contributed by atoms with Gasteiger partial charge in [-0.1, -0.05) is 272 Å². The van der Waals surface area contributed by atoms with Crippen molar-refractivity contribution in [1.82, 2.24) is 0 Å². The van der Waals surface area contributed by atoms with Crippen LogP contribution in [0.3, 0.4) is 0 Å². The summed E-state index contributed by atoms with van der Waals surface area (Å²) in [6.45, 7) is 5.79. The predicted octanol–water partition coefficient (Wildman–Crippen LogP) is 10.8. The Balaban J connectivity index is 1.73. The molecule has 0 radical (unpaired) electrons. The Hall–Kier alpha value is -2.04. The van der Waals surface area contributed by atoms with Gasteiger partial charge in [0.05, 0.1) is 13.2 Å². The van der Waals surface area contributed by atoms with Crippen molar-refractivity contribution in [1.29, 1.82) is 0 Å². The first-order valence-corrected chi connectivity index (χ1v) is 40.2. The lowest BCUT2D eigenvalue weighted by Gasteiger charge is -2.49. The van der Waals surface area contributed by atoms with Gasteiger partial charge in [-0.15, -0.1) is 0 Å². The van der Waals surface area contributed by atoms with Gasteiger partial charge in [0, 0.05) is 19.3 Å². The molecule has 3 aliphatic rings. The van der Waals surface area contributed by atoms with E-state index in [0.717, 1.165) is 89.9 Å². The third-order valence-electron chi connectivity index (χ3n) is 19.5. The quantitative estimate of drug-likeness (QED) is 0.0117. The Bertz CT molecular complexity index is 2050. The summed E-state index contributed by atoms with van der Waals surface area (Å²) in [7, 11) is -5.69. The topological polar surface area (TPSA) is 374 Å². The summed E-state index contributed by atoms with van der Waals surface area (Å²) >= 11 is 0. The number of carbonyl (C=O) groups excluding carboxylic acids is 3. The highest BCUT2D eigenvalue weighted by Crippen LogP contribution is 2.49. The van der Waals surface area contributed by atoms with Crippen LogP contribution in [0.5, 0.6) is 0 Å². The number of ether oxygens (including phenoxy) is 7. The van der Waals surface area contributed by atoms with Crippen molar-refractivity contribution in [2.24, 2.45) is 5.92 Å². The predicted molar refractivity (Wildman–Crippen MR) is 370 cm³/mol. The summed E-state index contributed by atoms with van der Waals surface area (Å²) in [6, 6.07) is 0. The van der Waals surface area contributed by atoms with Gasteiger partial charge in [0.25, 0.3) is 0 Å². The lowest BCUT2D eigenvalue weighted by Crippen LogP contribution is -2.69. The average Bonchev–Trinajstić information content (AvgIpc) is 0.762. The third kappa shape index (κ3) is 37.6. The molecule has 19 atom stereocenters. The van der Waals surface area contributed by atoms with E-state index < -0.39 is 156 Å². The Morgan fingerprint density at radius 3 is 1.10 bits per heavy atom. The fraction of sp³-hybridized carbons (Fsp3) is 0.959. The second-order valence-electron chi connectivity index (χ2n) is 28.4. The number of rotatable bonds is 60. The van der Waals surface area contributed by atoms with Gasteiger partial charge in [0.15, 0.2) is 18.7 Å². The van der Waals surface area contributed by atoms with Gasteiger partial charge < -0.3 is 89.1 Å². The molecule has 2 saturated heterocycles. The molecule has 0 spiro atoms. The molecular formula is C73H137O24P. The zero-order valence-electron chi connectivity index (χ0n) is 60.5. The number of carbonyl (C=O) groups is 3. The summed E-state index contributed by atoms with van der Waals surface area (Å²) in [6.07, 6.45) is 10.2. The van der Waals surface area contributed by atoms with E-state index in [1.54, 1.807) is 0 Å². The minimum absolute atomic E-state index is 0.0333. The average molecular weight is 1430 g/mol. The highest BCUT2D eigenvalue weighted by molar-refractivity contribution is 7.47. The highest BCUT2D eigenvalue weighted by atomic mass is 31.2. The van der Waals surface area contributed by atoms with E-state index in [2.05, 4.69) is 27.7 Å². The first-order chi connectivity index (χ1) is 47.2. The zero-order valence-corrected chi connectivity index (χ0v) is 61.4. The van der Waals surface area contributed by atoms with Crippen molar-refractivity contribution in [3.05, 3.63) is 0 Å². The molecule has 25 heteroatoms. The molecule has 0 aromatic carbocycles. The molecule has 0 aromatic rings. The molecule has 3 fully saturated rings. The van der Waals surface area contributed by atoms with Crippen LogP contribution in [0.4, 0.5) is 0 Å². The maximum absolute atomic E-state index is 14.3. The van der Waals surface area contributed by atoms with Crippen LogP contribution in [0.1, 0.15) is 310 Å². The molecular weight excluding hydrogens is 1290 g/mol. The van der Waals surface area contributed by atoms with Gasteiger partial charge in [0.2, 0.25) is 0 Å². The molecule has 0 bridgehead atoms. The van der Waals surface area contributed by atoms with E-state index in [1.165, 1.54) is 154 Å². The van der Waals surface area contributed by atoms with Crippen LogP contribution in [-0.4, -0.2) is 204 Å². The van der Waals surface area contributed by atoms with Gasteiger partial charge in [-0.05, 0) is 25.2 Å². The zero-order chi connectivity index (χ0) is 71.9. The van der Waals surface area contributed by atoms with Crippen molar-refractivity contribution in [2.45, 2.75) is 414 Å². The summed E-state index contributed by atoms with van der Waals surface area (Å²) in [4.78, 5) is 51.1. The fourth-order valence-electron chi connectivity index (χ4n) is 13.1. The summed E-state index contributed by atoms with van der Waals surface area (Å²) in [5.41, 5.74) is 0. The smallest absolute Gasteiger partial charge is 0.463 e. The summed E-state index contributed by atoms with van der Waals surface area (Å²) in [5, 5.41) is 110. The van der Waals surface area contributed by atoms with Gasteiger partial charge >= 0.3 is 25.7 Å². The van der Waals surface area contributed by atoms with Crippen LogP contribution in [0, 0.1) is 5.92 Å². The molecule has 2 heterocycles. The van der Waals surface area contributed by atoms with Crippen LogP contribution in [-0.2, 0) is 61.2 Å². The molecule has 1 saturated carbocycles. The van der Waals surface area contributed by atoms with Gasteiger partial charge in [-0.2, -0.15) is 0 Å². The van der Waals surface area contributed by atoms with Crippen LogP contribution in [0.15, 0.2) is 0 Å². The second kappa shape index (κ2) is 54.6. The van der Waals surface area contributed by atoms with Crippen LogP contribution < -0.4 is 0 Å². The largest absolute Gasteiger partial charge is 0.472 e. The van der Waals surface area contributed by atoms with Crippen LogP contribution in [0.2, 0.25) is 0 Å². The van der Waals surface area contributed by atoms with Gasteiger partial charge in [-0.3, -0.25) is 23.4 Å². The first kappa shape index (κ1) is 90.2. The Morgan fingerprint density at radius 2 is 0.714 bits per heavy atom. The van der Waals surface area contributed by atoms with Crippen molar-refractivity contribution in [3.63, 3.8) is 0 Å². The normalized spacial score (nSPS) is 27.9. The first-order valence-electron chi connectivity index (χ1n) is 38.7. The number of hydrogen-bond acceptors (Lipinski definition) is 23. The molecule has 0 aromatic heterocycles. The van der Waals surface area contributed by atoms with Gasteiger partial charge in [0.1, 0.15) is 98.7 Å². The number of phosphoric ester groups is 1. The maximum atomic E-state index is 14.3. The van der Waals surface area contributed by atoms with Crippen LogP contribution >= 0.6 is 7.82 Å². The minimum Gasteiger partial charge on any atom is -0.463 e. The summed E-state index contributed by atoms with van der Waals surface area (Å²) in [5.74, 6) is -1.29. The molecule has 0 amide bonds. The molecule has 2 aliphatic heterocycles. The van der Waals surface area contributed by atoms with E-state index in [0.29, 0.717) is 25.2 Å². The maximum Gasteiger partial charge on any atom is 0.472 e. The SMILES string of the molecule is CCCCCCCCCCCCCCCCC(=O)OCC1OC(OC2C(O)C(O)C(O)C(OC3OC(CO)C(O)C(O)C3O)C2OP(=O)(O)OCC(COC(=O)CCCCCCCCCCCCCCC)OC(=O)CCCCCCCCC(C)CCCCCCCC)C(O)C(O)C1O. The number of phosphoric acid groups is 1. The highest BCUT2D eigenvalue weighted by Gasteiger charge is 2.58. The van der Waals surface area contributed by atoms with E-state index in [4.69, 9.17) is 42.2 Å². The van der Waals surface area contributed by atoms with Crippen LogP contribution in [0.25, 0.3) is 0 Å². The lowest BCUT2D eigenvalue weighted by atomic mass is 9.84.